The number of benzene rings is 2. The minimum absolute atomic E-state index is 0.228. The molecule has 1 saturated heterocycles. The van der Waals surface area contributed by atoms with Crippen molar-refractivity contribution in [2.45, 2.75) is 31.2 Å². The highest BCUT2D eigenvalue weighted by Crippen LogP contribution is 2.23. The molecule has 2 aromatic rings. The average Bonchev–Trinajstić information content (AvgIpc) is 2.68. The summed E-state index contributed by atoms with van der Waals surface area (Å²) < 4.78 is 27.0. The van der Waals surface area contributed by atoms with Crippen LogP contribution in [0.5, 0.6) is 0 Å². The summed E-state index contributed by atoms with van der Waals surface area (Å²) in [7, 11) is -3.50. The summed E-state index contributed by atoms with van der Waals surface area (Å²) in [6.07, 6.45) is 1.76. The van der Waals surface area contributed by atoms with Gasteiger partial charge in [-0.15, -0.1) is 0 Å². The molecule has 1 N–H and O–H groups in total. The summed E-state index contributed by atoms with van der Waals surface area (Å²) in [5.41, 5.74) is 1.36. The predicted octanol–water partition coefficient (Wildman–Crippen LogP) is 3.69. The number of nitrogens with zero attached hydrogens (tertiary/aromatic N) is 1. The summed E-state index contributed by atoms with van der Waals surface area (Å²) in [5, 5.41) is 3.46. The highest BCUT2D eigenvalue weighted by molar-refractivity contribution is 7.89. The van der Waals surface area contributed by atoms with Gasteiger partial charge in [-0.1, -0.05) is 30.7 Å². The van der Waals surface area contributed by atoms with E-state index in [4.69, 9.17) is 11.6 Å². The van der Waals surface area contributed by atoms with E-state index in [2.05, 4.69) is 12.2 Å². The van der Waals surface area contributed by atoms with Crippen LogP contribution in [-0.2, 0) is 16.6 Å². The molecule has 27 heavy (non-hydrogen) atoms. The highest BCUT2D eigenvalue weighted by atomic mass is 35.5. The lowest BCUT2D eigenvalue weighted by Gasteiger charge is -2.29. The van der Waals surface area contributed by atoms with E-state index in [1.54, 1.807) is 24.3 Å². The van der Waals surface area contributed by atoms with Crippen molar-refractivity contribution in [3.63, 3.8) is 0 Å². The molecule has 1 fully saturated rings. The van der Waals surface area contributed by atoms with Gasteiger partial charge in [-0.2, -0.15) is 4.31 Å². The van der Waals surface area contributed by atoms with Crippen molar-refractivity contribution in [1.29, 1.82) is 0 Å². The fourth-order valence-electron chi connectivity index (χ4n) is 3.04. The number of carbonyl (C=O) groups is 1. The van der Waals surface area contributed by atoms with Crippen LogP contribution in [-0.4, -0.2) is 31.7 Å². The van der Waals surface area contributed by atoms with E-state index in [-0.39, 0.29) is 10.8 Å². The van der Waals surface area contributed by atoms with E-state index in [9.17, 15) is 13.2 Å². The Balaban J connectivity index is 1.63. The lowest BCUT2D eigenvalue weighted by molar-refractivity contribution is 0.0951. The van der Waals surface area contributed by atoms with Gasteiger partial charge in [-0.25, -0.2) is 8.42 Å². The number of hydrogen-bond donors (Lipinski definition) is 1. The zero-order valence-electron chi connectivity index (χ0n) is 15.2. The van der Waals surface area contributed by atoms with Crippen LogP contribution < -0.4 is 5.32 Å². The molecule has 0 aromatic heterocycles. The normalized spacial score (nSPS) is 16.2. The molecule has 3 rings (SSSR count). The number of piperidine rings is 1. The average molecular weight is 407 g/mol. The Morgan fingerprint density at radius 3 is 2.26 bits per heavy atom. The molecular weight excluding hydrogens is 384 g/mol. The summed E-state index contributed by atoms with van der Waals surface area (Å²) in [6, 6.07) is 13.3. The summed E-state index contributed by atoms with van der Waals surface area (Å²) in [6.45, 7) is 3.61. The van der Waals surface area contributed by atoms with Gasteiger partial charge >= 0.3 is 0 Å². The van der Waals surface area contributed by atoms with Gasteiger partial charge in [0.05, 0.1) is 4.90 Å². The molecule has 1 amide bonds. The summed E-state index contributed by atoms with van der Waals surface area (Å²) in [4.78, 5) is 12.5. The molecule has 1 aliphatic rings. The van der Waals surface area contributed by atoms with Gasteiger partial charge in [0, 0.05) is 30.2 Å². The molecule has 144 valence electrons. The summed E-state index contributed by atoms with van der Waals surface area (Å²) >= 11 is 5.85. The Morgan fingerprint density at radius 2 is 1.67 bits per heavy atom. The molecule has 0 saturated carbocycles. The van der Waals surface area contributed by atoms with Crippen LogP contribution in [0, 0.1) is 5.92 Å². The second kappa shape index (κ2) is 8.42. The third-order valence-corrected chi connectivity index (χ3v) is 7.03. The number of halogens is 1. The van der Waals surface area contributed by atoms with Crippen molar-refractivity contribution < 1.29 is 13.2 Å². The van der Waals surface area contributed by atoms with Crippen molar-refractivity contribution in [3.05, 3.63) is 64.7 Å². The van der Waals surface area contributed by atoms with Gasteiger partial charge in [0.1, 0.15) is 0 Å². The lowest BCUT2D eigenvalue weighted by Crippen LogP contribution is -2.37. The highest BCUT2D eigenvalue weighted by Gasteiger charge is 2.28. The van der Waals surface area contributed by atoms with Crippen molar-refractivity contribution in [1.82, 2.24) is 9.62 Å². The topological polar surface area (TPSA) is 66.5 Å². The fourth-order valence-corrected chi connectivity index (χ4v) is 4.63. The Labute approximate surface area is 165 Å². The maximum Gasteiger partial charge on any atom is 0.251 e. The number of hydrogen-bond acceptors (Lipinski definition) is 3. The number of amides is 1. The standard InChI is InChI=1S/C20H23ClN2O3S/c1-15-10-12-23(13-11-15)27(25,26)19-8-4-17(5-9-19)20(24)22-14-16-2-6-18(21)7-3-16/h2-9,15H,10-14H2,1H3,(H,22,24). The lowest BCUT2D eigenvalue weighted by atomic mass is 10.0. The molecule has 1 heterocycles. The maximum absolute atomic E-state index is 12.7. The first-order chi connectivity index (χ1) is 12.9. The van der Waals surface area contributed by atoms with Crippen molar-refractivity contribution in [2.75, 3.05) is 13.1 Å². The first-order valence-electron chi connectivity index (χ1n) is 8.99. The van der Waals surface area contributed by atoms with Crippen LogP contribution in [0.25, 0.3) is 0 Å². The third kappa shape index (κ3) is 4.89. The molecule has 5 nitrogen and oxygen atoms in total. The number of nitrogens with one attached hydrogen (secondary N) is 1. The largest absolute Gasteiger partial charge is 0.348 e. The molecule has 2 aromatic carbocycles. The third-order valence-electron chi connectivity index (χ3n) is 4.86. The van der Waals surface area contributed by atoms with Gasteiger partial charge in [-0.3, -0.25) is 4.79 Å². The van der Waals surface area contributed by atoms with Crippen molar-refractivity contribution in [2.24, 2.45) is 5.92 Å². The minimum Gasteiger partial charge on any atom is -0.348 e. The van der Waals surface area contributed by atoms with Crippen LogP contribution in [0.4, 0.5) is 0 Å². The predicted molar refractivity (Wildman–Crippen MR) is 106 cm³/mol. The van der Waals surface area contributed by atoms with Gasteiger partial charge in [-0.05, 0) is 60.7 Å². The first-order valence-corrected chi connectivity index (χ1v) is 10.8. The van der Waals surface area contributed by atoms with E-state index in [1.165, 1.54) is 16.4 Å². The van der Waals surface area contributed by atoms with Gasteiger partial charge in [0.2, 0.25) is 10.0 Å². The first kappa shape index (κ1) is 19.9. The molecule has 1 aliphatic heterocycles. The second-order valence-electron chi connectivity index (χ2n) is 6.92. The molecule has 0 unspecified atom stereocenters. The van der Waals surface area contributed by atoms with Crippen LogP contribution >= 0.6 is 11.6 Å². The van der Waals surface area contributed by atoms with E-state index in [0.717, 1.165) is 18.4 Å². The van der Waals surface area contributed by atoms with Crippen LogP contribution in [0.2, 0.25) is 5.02 Å². The van der Waals surface area contributed by atoms with Gasteiger partial charge in [0.25, 0.3) is 5.91 Å². The Bertz CT molecular complexity index is 888. The molecule has 7 heteroatoms. The van der Waals surface area contributed by atoms with Gasteiger partial charge in [0.15, 0.2) is 0 Å². The number of sulfonamides is 1. The van der Waals surface area contributed by atoms with E-state index in [0.29, 0.717) is 36.1 Å². The Morgan fingerprint density at radius 1 is 1.07 bits per heavy atom. The molecule has 0 atom stereocenters. The molecule has 0 aliphatic carbocycles. The molecule has 0 bridgehead atoms. The van der Waals surface area contributed by atoms with E-state index >= 15 is 0 Å². The maximum atomic E-state index is 12.7. The fraction of sp³-hybridized carbons (Fsp3) is 0.350. The van der Waals surface area contributed by atoms with Crippen LogP contribution in [0.3, 0.4) is 0 Å². The quantitative estimate of drug-likeness (QED) is 0.823. The Hall–Kier alpha value is -1.89. The Kier molecular flexibility index (Phi) is 6.19. The minimum atomic E-state index is -3.50. The smallest absolute Gasteiger partial charge is 0.251 e. The van der Waals surface area contributed by atoms with E-state index in [1.807, 2.05) is 12.1 Å². The van der Waals surface area contributed by atoms with Crippen molar-refractivity contribution in [3.8, 4) is 0 Å². The number of carbonyl (C=O) groups excluding carboxylic acids is 1. The molecule has 0 spiro atoms. The molecule has 0 radical (unpaired) electrons. The van der Waals surface area contributed by atoms with Crippen molar-refractivity contribution >= 4 is 27.5 Å². The van der Waals surface area contributed by atoms with Crippen LogP contribution in [0.1, 0.15) is 35.7 Å². The molecular formula is C20H23ClN2O3S. The zero-order valence-corrected chi connectivity index (χ0v) is 16.8. The van der Waals surface area contributed by atoms with E-state index < -0.39 is 10.0 Å². The SMILES string of the molecule is CC1CCN(S(=O)(=O)c2ccc(C(=O)NCc3ccc(Cl)cc3)cc2)CC1. The second-order valence-corrected chi connectivity index (χ2v) is 9.29. The summed E-state index contributed by atoms with van der Waals surface area (Å²) in [5.74, 6) is 0.309. The van der Waals surface area contributed by atoms with Crippen LogP contribution in [0.15, 0.2) is 53.4 Å². The number of rotatable bonds is 5. The zero-order chi connectivity index (χ0) is 19.4. The monoisotopic (exact) mass is 406 g/mol. The van der Waals surface area contributed by atoms with Gasteiger partial charge < -0.3 is 5.32 Å².